The average molecular weight is 469 g/mol. The van der Waals surface area contributed by atoms with E-state index in [1.165, 1.54) is 0 Å². The van der Waals surface area contributed by atoms with Crippen LogP contribution < -0.4 is 25.4 Å². The van der Waals surface area contributed by atoms with Gasteiger partial charge in [-0.25, -0.2) is 9.98 Å². The monoisotopic (exact) mass is 469 g/mol. The van der Waals surface area contributed by atoms with Crippen molar-refractivity contribution >= 4 is 41.4 Å². The first-order chi connectivity index (χ1) is 12.1. The molecule has 0 bridgehead atoms. The number of nitrogens with two attached hydrogens (primary N) is 1. The van der Waals surface area contributed by atoms with E-state index in [2.05, 4.69) is 15.3 Å². The van der Waals surface area contributed by atoms with Crippen LogP contribution in [-0.2, 0) is 6.54 Å². The number of nitrogens with one attached hydrogen (secondary N) is 1. The highest BCUT2D eigenvalue weighted by Gasteiger charge is 2.11. The molecule has 0 unspecified atom stereocenters. The third kappa shape index (κ3) is 5.13. The normalized spacial score (nSPS) is 13.4. The van der Waals surface area contributed by atoms with Crippen molar-refractivity contribution in [2.45, 2.75) is 13.0 Å². The second-order valence-electron chi connectivity index (χ2n) is 5.92. The van der Waals surface area contributed by atoms with Crippen LogP contribution in [0.2, 0.25) is 0 Å². The Morgan fingerprint density at radius 1 is 1.23 bits per heavy atom. The fourth-order valence-electron chi connectivity index (χ4n) is 2.56. The number of nitrogens with zero attached hydrogens (tertiary/aromatic N) is 3. The number of guanidine groups is 1. The van der Waals surface area contributed by atoms with Gasteiger partial charge in [0.05, 0.1) is 19.8 Å². The maximum Gasteiger partial charge on any atom is 0.193 e. The van der Waals surface area contributed by atoms with E-state index in [-0.39, 0.29) is 24.0 Å². The predicted octanol–water partition coefficient (Wildman–Crippen LogP) is 2.85. The van der Waals surface area contributed by atoms with E-state index in [4.69, 9.17) is 15.2 Å². The fraction of sp³-hybridized carbons (Fsp3) is 0.333. The summed E-state index contributed by atoms with van der Waals surface area (Å²) in [5.41, 5.74) is 7.84. The summed E-state index contributed by atoms with van der Waals surface area (Å²) in [5.74, 6) is 2.69. The Hall–Kier alpha value is -2.23. The maximum absolute atomic E-state index is 6.02. The van der Waals surface area contributed by atoms with Crippen molar-refractivity contribution in [3.63, 3.8) is 0 Å². The van der Waals surface area contributed by atoms with E-state index in [0.29, 0.717) is 25.7 Å². The lowest BCUT2D eigenvalue weighted by Crippen LogP contribution is -2.23. The molecule has 0 saturated carbocycles. The van der Waals surface area contributed by atoms with Crippen molar-refractivity contribution in [2.24, 2.45) is 10.7 Å². The quantitative estimate of drug-likeness (QED) is 0.407. The van der Waals surface area contributed by atoms with Gasteiger partial charge in [-0.15, -0.1) is 24.0 Å². The Morgan fingerprint density at radius 3 is 2.77 bits per heavy atom. The van der Waals surface area contributed by atoms with Crippen molar-refractivity contribution in [1.29, 1.82) is 0 Å². The molecule has 2 aromatic rings. The van der Waals surface area contributed by atoms with Crippen LogP contribution in [0, 0.1) is 0 Å². The van der Waals surface area contributed by atoms with Crippen LogP contribution in [0.3, 0.4) is 0 Å². The summed E-state index contributed by atoms with van der Waals surface area (Å²) in [4.78, 5) is 10.7. The zero-order valence-corrected chi connectivity index (χ0v) is 17.3. The number of pyridine rings is 1. The molecule has 2 heterocycles. The van der Waals surface area contributed by atoms with Gasteiger partial charge in [0.25, 0.3) is 0 Å². The largest absolute Gasteiger partial charge is 0.490 e. The SMILES string of the molecule is CN(C)c1ncccc1CN=C(N)Nc1ccc2c(c1)OCCCO2.I. The fourth-order valence-corrected chi connectivity index (χ4v) is 2.56. The van der Waals surface area contributed by atoms with Gasteiger partial charge < -0.3 is 25.4 Å². The van der Waals surface area contributed by atoms with E-state index in [0.717, 1.165) is 35.0 Å². The Kier molecular flexibility index (Phi) is 7.31. The molecular formula is C18H24IN5O2. The van der Waals surface area contributed by atoms with Crippen molar-refractivity contribution < 1.29 is 9.47 Å². The van der Waals surface area contributed by atoms with Crippen LogP contribution in [0.1, 0.15) is 12.0 Å². The summed E-state index contributed by atoms with van der Waals surface area (Å²) in [5, 5.41) is 3.09. The van der Waals surface area contributed by atoms with Gasteiger partial charge in [0, 0.05) is 44.0 Å². The molecular weight excluding hydrogens is 445 g/mol. The molecule has 8 heteroatoms. The molecule has 0 saturated heterocycles. The number of aromatic nitrogens is 1. The van der Waals surface area contributed by atoms with Gasteiger partial charge in [-0.05, 0) is 18.2 Å². The van der Waals surface area contributed by atoms with Gasteiger partial charge in [0.1, 0.15) is 5.82 Å². The van der Waals surface area contributed by atoms with E-state index < -0.39 is 0 Å². The molecule has 3 N–H and O–H groups in total. The van der Waals surface area contributed by atoms with Crippen LogP contribution >= 0.6 is 24.0 Å². The highest BCUT2D eigenvalue weighted by Crippen LogP contribution is 2.32. The first-order valence-electron chi connectivity index (χ1n) is 8.21. The van der Waals surface area contributed by atoms with Gasteiger partial charge in [-0.2, -0.15) is 0 Å². The Bertz CT molecular complexity index is 767. The summed E-state index contributed by atoms with van der Waals surface area (Å²) >= 11 is 0. The molecule has 1 aromatic carbocycles. The first-order valence-corrected chi connectivity index (χ1v) is 8.21. The number of rotatable bonds is 4. The summed E-state index contributed by atoms with van der Waals surface area (Å²) in [7, 11) is 3.91. The summed E-state index contributed by atoms with van der Waals surface area (Å²) in [6, 6.07) is 9.53. The van der Waals surface area contributed by atoms with Gasteiger partial charge in [0.2, 0.25) is 0 Å². The maximum atomic E-state index is 6.02. The molecule has 0 amide bonds. The molecule has 0 fully saturated rings. The number of halogens is 1. The highest BCUT2D eigenvalue weighted by molar-refractivity contribution is 14.0. The van der Waals surface area contributed by atoms with Crippen LogP contribution in [0.25, 0.3) is 0 Å². The van der Waals surface area contributed by atoms with E-state index in [1.54, 1.807) is 6.20 Å². The van der Waals surface area contributed by atoms with Crippen molar-refractivity contribution in [1.82, 2.24) is 4.98 Å². The Morgan fingerprint density at radius 2 is 2.00 bits per heavy atom. The molecule has 0 aliphatic carbocycles. The smallest absolute Gasteiger partial charge is 0.193 e. The molecule has 1 aromatic heterocycles. The molecule has 7 nitrogen and oxygen atoms in total. The van der Waals surface area contributed by atoms with Gasteiger partial charge >= 0.3 is 0 Å². The van der Waals surface area contributed by atoms with Crippen molar-refractivity contribution in [3.05, 3.63) is 42.1 Å². The lowest BCUT2D eigenvalue weighted by molar-refractivity contribution is 0.297. The van der Waals surface area contributed by atoms with E-state index in [9.17, 15) is 0 Å². The highest BCUT2D eigenvalue weighted by atomic mass is 127. The second kappa shape index (κ2) is 9.46. The third-order valence-corrected chi connectivity index (χ3v) is 3.73. The first kappa shape index (κ1) is 20.1. The molecule has 0 spiro atoms. The molecule has 3 rings (SSSR count). The van der Waals surface area contributed by atoms with Gasteiger partial charge in [0.15, 0.2) is 17.5 Å². The van der Waals surface area contributed by atoms with Gasteiger partial charge in [-0.1, -0.05) is 6.07 Å². The lowest BCUT2D eigenvalue weighted by Gasteiger charge is -2.15. The number of anilines is 2. The van der Waals surface area contributed by atoms with Crippen LogP contribution in [0.15, 0.2) is 41.5 Å². The molecule has 140 valence electrons. The zero-order chi connectivity index (χ0) is 17.6. The predicted molar refractivity (Wildman–Crippen MR) is 115 cm³/mol. The van der Waals surface area contributed by atoms with Crippen molar-refractivity contribution in [2.75, 3.05) is 37.5 Å². The lowest BCUT2D eigenvalue weighted by atomic mass is 10.2. The summed E-state index contributed by atoms with van der Waals surface area (Å²) in [6.07, 6.45) is 2.64. The molecule has 0 radical (unpaired) electrons. The number of aliphatic imine (C=N–C) groups is 1. The van der Waals surface area contributed by atoms with Crippen LogP contribution in [0.4, 0.5) is 11.5 Å². The molecule has 1 aliphatic rings. The molecule has 0 atom stereocenters. The van der Waals surface area contributed by atoms with Crippen LogP contribution in [0.5, 0.6) is 11.5 Å². The number of fused-ring (bicyclic) bond motifs is 1. The summed E-state index contributed by atoms with van der Waals surface area (Å²) < 4.78 is 11.3. The molecule has 26 heavy (non-hydrogen) atoms. The second-order valence-corrected chi connectivity index (χ2v) is 5.92. The number of hydrogen-bond acceptors (Lipinski definition) is 5. The summed E-state index contributed by atoms with van der Waals surface area (Å²) in [6.45, 7) is 1.77. The minimum Gasteiger partial charge on any atom is -0.490 e. The third-order valence-electron chi connectivity index (χ3n) is 3.73. The number of benzene rings is 1. The molecule has 1 aliphatic heterocycles. The Labute approximate surface area is 170 Å². The van der Waals surface area contributed by atoms with Gasteiger partial charge in [-0.3, -0.25) is 0 Å². The standard InChI is InChI=1S/C18H23N5O2.HI/c1-23(2)17-13(5-3-8-20-17)12-21-18(19)22-14-6-7-15-16(11-14)25-10-4-9-24-15;/h3,5-8,11H,4,9-10,12H2,1-2H3,(H3,19,21,22);1H. The van der Waals surface area contributed by atoms with Crippen LogP contribution in [-0.4, -0.2) is 38.3 Å². The van der Waals surface area contributed by atoms with E-state index in [1.807, 2.05) is 49.3 Å². The Balaban J connectivity index is 0.00000243. The van der Waals surface area contributed by atoms with Crippen molar-refractivity contribution in [3.8, 4) is 11.5 Å². The topological polar surface area (TPSA) is 85.0 Å². The zero-order valence-electron chi connectivity index (χ0n) is 14.9. The average Bonchev–Trinajstić information content (AvgIpc) is 2.85. The minimum atomic E-state index is 0. The van der Waals surface area contributed by atoms with E-state index >= 15 is 0 Å². The number of hydrogen-bond donors (Lipinski definition) is 2. The minimum absolute atomic E-state index is 0. The number of ether oxygens (including phenoxy) is 2.